The molecule has 0 atom stereocenters. The van der Waals surface area contributed by atoms with Crippen LogP contribution in [0.2, 0.25) is 0 Å². The van der Waals surface area contributed by atoms with E-state index in [1.807, 2.05) is 24.9 Å². The predicted octanol–water partition coefficient (Wildman–Crippen LogP) is 3.24. The topological polar surface area (TPSA) is 44.6 Å². The molecule has 3 heterocycles. The molecule has 1 aliphatic rings. The Kier molecular flexibility index (Phi) is 6.17. The summed E-state index contributed by atoms with van der Waals surface area (Å²) >= 11 is 1.44. The molecule has 0 saturated carbocycles. The molecule has 1 aromatic carbocycles. The van der Waals surface area contributed by atoms with E-state index in [0.717, 1.165) is 67.3 Å². The monoisotopic (exact) mass is 429 g/mol. The Morgan fingerprint density at radius 3 is 2.60 bits per heavy atom. The van der Waals surface area contributed by atoms with Gasteiger partial charge in [-0.1, -0.05) is 0 Å². The lowest BCUT2D eigenvalue weighted by Gasteiger charge is -2.32. The van der Waals surface area contributed by atoms with Crippen LogP contribution in [0.4, 0.5) is 4.39 Å². The van der Waals surface area contributed by atoms with Gasteiger partial charge in [-0.25, -0.2) is 9.07 Å². The standard InChI is InChI=1S/C22H28FN5OS/c1-16-19-15-20(30-22(19)28(24-16)18-7-5-17(23)6-8-18)21(29)26(3)9-4-10-27-13-11-25(2)12-14-27/h5-8,15H,4,9-14H2,1-3H3. The third kappa shape index (κ3) is 4.40. The van der Waals surface area contributed by atoms with Gasteiger partial charge in [0.2, 0.25) is 0 Å². The van der Waals surface area contributed by atoms with Crippen LogP contribution < -0.4 is 0 Å². The first kappa shape index (κ1) is 21.0. The highest BCUT2D eigenvalue weighted by Gasteiger charge is 2.20. The molecule has 0 unspecified atom stereocenters. The molecule has 0 N–H and O–H groups in total. The van der Waals surface area contributed by atoms with Crippen LogP contribution in [0.15, 0.2) is 30.3 Å². The fourth-order valence-corrected chi connectivity index (χ4v) is 4.98. The molecular weight excluding hydrogens is 401 g/mol. The van der Waals surface area contributed by atoms with E-state index < -0.39 is 0 Å². The lowest BCUT2D eigenvalue weighted by molar-refractivity contribution is 0.0788. The molecular formula is C22H28FN5OS. The minimum atomic E-state index is -0.279. The SMILES string of the molecule is Cc1nn(-c2ccc(F)cc2)c2sc(C(=O)N(C)CCCN3CCN(C)CC3)cc12. The number of carbonyl (C=O) groups excluding carboxylic acids is 1. The average Bonchev–Trinajstić information content (AvgIpc) is 3.30. The number of fused-ring (bicyclic) bond motifs is 1. The molecule has 1 saturated heterocycles. The second-order valence-electron chi connectivity index (χ2n) is 8.03. The number of thiophene rings is 1. The second-order valence-corrected chi connectivity index (χ2v) is 9.06. The number of aromatic nitrogens is 2. The molecule has 6 nitrogen and oxygen atoms in total. The minimum absolute atomic E-state index is 0.0413. The van der Waals surface area contributed by atoms with Crippen LogP contribution in [0.1, 0.15) is 21.8 Å². The first-order valence-electron chi connectivity index (χ1n) is 10.3. The van der Waals surface area contributed by atoms with E-state index in [1.54, 1.807) is 16.8 Å². The molecule has 3 aromatic rings. The second kappa shape index (κ2) is 8.83. The van der Waals surface area contributed by atoms with E-state index in [-0.39, 0.29) is 11.7 Å². The third-order valence-electron chi connectivity index (χ3n) is 5.74. The van der Waals surface area contributed by atoms with Gasteiger partial charge >= 0.3 is 0 Å². The number of rotatable bonds is 6. The number of aryl methyl sites for hydroxylation is 1. The van der Waals surface area contributed by atoms with Gasteiger partial charge in [-0.15, -0.1) is 11.3 Å². The number of piperazine rings is 1. The van der Waals surface area contributed by atoms with Crippen molar-refractivity contribution < 1.29 is 9.18 Å². The van der Waals surface area contributed by atoms with Gasteiger partial charge < -0.3 is 14.7 Å². The molecule has 30 heavy (non-hydrogen) atoms. The summed E-state index contributed by atoms with van der Waals surface area (Å²) in [6.07, 6.45) is 0.971. The minimum Gasteiger partial charge on any atom is -0.341 e. The van der Waals surface area contributed by atoms with Crippen LogP contribution in [-0.4, -0.2) is 83.8 Å². The fourth-order valence-electron chi connectivity index (χ4n) is 3.80. The summed E-state index contributed by atoms with van der Waals surface area (Å²) in [6.45, 7) is 8.12. The van der Waals surface area contributed by atoms with Crippen molar-refractivity contribution >= 4 is 27.5 Å². The molecule has 1 aliphatic heterocycles. The molecule has 0 radical (unpaired) electrons. The molecule has 160 valence electrons. The van der Waals surface area contributed by atoms with Crippen LogP contribution >= 0.6 is 11.3 Å². The Morgan fingerprint density at radius 2 is 1.90 bits per heavy atom. The van der Waals surface area contributed by atoms with Crippen molar-refractivity contribution in [2.45, 2.75) is 13.3 Å². The lowest BCUT2D eigenvalue weighted by atomic mass is 10.2. The van der Waals surface area contributed by atoms with Crippen molar-refractivity contribution in [3.05, 3.63) is 46.7 Å². The number of amides is 1. The summed E-state index contributed by atoms with van der Waals surface area (Å²) in [5.74, 6) is -0.237. The van der Waals surface area contributed by atoms with E-state index >= 15 is 0 Å². The highest BCUT2D eigenvalue weighted by molar-refractivity contribution is 7.20. The van der Waals surface area contributed by atoms with Gasteiger partial charge in [-0.2, -0.15) is 5.10 Å². The van der Waals surface area contributed by atoms with Crippen LogP contribution in [0.5, 0.6) is 0 Å². The maximum absolute atomic E-state index is 13.3. The van der Waals surface area contributed by atoms with Gasteiger partial charge in [0.05, 0.1) is 16.3 Å². The Bertz CT molecular complexity index is 1020. The van der Waals surface area contributed by atoms with Crippen LogP contribution in [0.3, 0.4) is 0 Å². The summed E-state index contributed by atoms with van der Waals surface area (Å²) in [6, 6.07) is 8.18. The molecule has 8 heteroatoms. The van der Waals surface area contributed by atoms with Crippen molar-refractivity contribution in [1.29, 1.82) is 0 Å². The molecule has 1 amide bonds. The first-order valence-corrected chi connectivity index (χ1v) is 11.2. The quantitative estimate of drug-likeness (QED) is 0.604. The summed E-state index contributed by atoms with van der Waals surface area (Å²) in [4.78, 5) is 21.2. The molecule has 0 spiro atoms. The number of likely N-dealkylation sites (N-methyl/N-ethyl adjacent to an activating group) is 1. The summed E-state index contributed by atoms with van der Waals surface area (Å²) in [5.41, 5.74) is 1.65. The number of benzene rings is 1. The molecule has 2 aromatic heterocycles. The van der Waals surface area contributed by atoms with Gasteiger partial charge in [-0.05, 0) is 57.3 Å². The highest BCUT2D eigenvalue weighted by Crippen LogP contribution is 2.31. The largest absolute Gasteiger partial charge is 0.341 e. The van der Waals surface area contributed by atoms with E-state index in [1.165, 1.54) is 23.5 Å². The fraction of sp³-hybridized carbons (Fsp3) is 0.455. The van der Waals surface area contributed by atoms with Crippen molar-refractivity contribution in [2.75, 3.05) is 53.4 Å². The van der Waals surface area contributed by atoms with Gasteiger partial charge in [0.1, 0.15) is 10.6 Å². The predicted molar refractivity (Wildman–Crippen MR) is 119 cm³/mol. The zero-order valence-corrected chi connectivity index (χ0v) is 18.6. The van der Waals surface area contributed by atoms with Crippen LogP contribution in [-0.2, 0) is 0 Å². The number of hydrogen-bond donors (Lipinski definition) is 0. The Balaban J connectivity index is 1.43. The molecule has 1 fully saturated rings. The van der Waals surface area contributed by atoms with Gasteiger partial charge in [0.25, 0.3) is 5.91 Å². The zero-order valence-electron chi connectivity index (χ0n) is 17.8. The molecule has 0 aliphatic carbocycles. The first-order chi connectivity index (χ1) is 14.4. The Hall–Kier alpha value is -2.29. The number of carbonyl (C=O) groups is 1. The average molecular weight is 430 g/mol. The summed E-state index contributed by atoms with van der Waals surface area (Å²) in [7, 11) is 4.03. The van der Waals surface area contributed by atoms with E-state index in [0.29, 0.717) is 4.88 Å². The van der Waals surface area contributed by atoms with Crippen molar-refractivity contribution in [3.63, 3.8) is 0 Å². The normalized spacial score (nSPS) is 15.7. The van der Waals surface area contributed by atoms with Gasteiger partial charge in [0.15, 0.2) is 0 Å². The molecule has 0 bridgehead atoms. The number of hydrogen-bond acceptors (Lipinski definition) is 5. The smallest absolute Gasteiger partial charge is 0.263 e. The number of halogens is 1. The van der Waals surface area contributed by atoms with Crippen molar-refractivity contribution in [2.24, 2.45) is 0 Å². The maximum atomic E-state index is 13.3. The van der Waals surface area contributed by atoms with Crippen molar-refractivity contribution in [3.8, 4) is 5.69 Å². The maximum Gasteiger partial charge on any atom is 0.263 e. The lowest BCUT2D eigenvalue weighted by Crippen LogP contribution is -2.45. The zero-order chi connectivity index (χ0) is 21.3. The van der Waals surface area contributed by atoms with Crippen LogP contribution in [0, 0.1) is 12.7 Å². The summed E-state index contributed by atoms with van der Waals surface area (Å²) in [5, 5.41) is 5.54. The van der Waals surface area contributed by atoms with E-state index in [4.69, 9.17) is 0 Å². The highest BCUT2D eigenvalue weighted by atomic mass is 32.1. The van der Waals surface area contributed by atoms with Gasteiger partial charge in [-0.3, -0.25) is 4.79 Å². The van der Waals surface area contributed by atoms with E-state index in [9.17, 15) is 9.18 Å². The third-order valence-corrected chi connectivity index (χ3v) is 6.84. The number of nitrogens with zero attached hydrogens (tertiary/aromatic N) is 5. The Morgan fingerprint density at radius 1 is 1.20 bits per heavy atom. The van der Waals surface area contributed by atoms with Crippen molar-refractivity contribution in [1.82, 2.24) is 24.5 Å². The van der Waals surface area contributed by atoms with Crippen LogP contribution in [0.25, 0.3) is 15.9 Å². The summed E-state index contributed by atoms with van der Waals surface area (Å²) < 4.78 is 15.1. The Labute approximate surface area is 180 Å². The molecule has 4 rings (SSSR count). The van der Waals surface area contributed by atoms with Gasteiger partial charge in [0, 0.05) is 45.2 Å². The van der Waals surface area contributed by atoms with E-state index in [2.05, 4.69) is 21.9 Å².